The van der Waals surface area contributed by atoms with Gasteiger partial charge in [0.1, 0.15) is 4.60 Å². The molecule has 0 N–H and O–H groups in total. The third-order valence-corrected chi connectivity index (χ3v) is 6.58. The highest BCUT2D eigenvalue weighted by atomic mass is 79.9. The Morgan fingerprint density at radius 2 is 1.68 bits per heavy atom. The highest BCUT2D eigenvalue weighted by Crippen LogP contribution is 2.36. The minimum atomic E-state index is -0.206. The molecule has 2 aromatic heterocycles. The van der Waals surface area contributed by atoms with Gasteiger partial charge in [-0.05, 0) is 39.4 Å². The Bertz CT molecular complexity index is 1210. The summed E-state index contributed by atoms with van der Waals surface area (Å²) in [5, 5.41) is 0. The van der Waals surface area contributed by atoms with Crippen molar-refractivity contribution >= 4 is 15.9 Å². The van der Waals surface area contributed by atoms with Gasteiger partial charge in [0, 0.05) is 18.5 Å². The summed E-state index contributed by atoms with van der Waals surface area (Å²) in [6.45, 7) is 5.44. The average Bonchev–Trinajstić information content (AvgIpc) is 3.21. The van der Waals surface area contributed by atoms with Gasteiger partial charge < -0.3 is 13.7 Å². The van der Waals surface area contributed by atoms with Gasteiger partial charge in [-0.2, -0.15) is 0 Å². The lowest BCUT2D eigenvalue weighted by Crippen LogP contribution is -2.19. The quantitative estimate of drug-likeness (QED) is 0.213. The van der Waals surface area contributed by atoms with E-state index in [4.69, 9.17) is 9.15 Å². The molecule has 2 aromatic carbocycles. The summed E-state index contributed by atoms with van der Waals surface area (Å²) in [5.41, 5.74) is 2.31. The molecule has 0 radical (unpaired) electrons. The smallest absolute Gasteiger partial charge is 0.227 e. The predicted octanol–water partition coefficient (Wildman–Crippen LogP) is 6.91. The zero-order valence-electron chi connectivity index (χ0n) is 19.5. The van der Waals surface area contributed by atoms with Crippen molar-refractivity contribution in [2.75, 3.05) is 6.61 Å². The monoisotopic (exact) mass is 520 g/mol. The number of benzene rings is 2. The maximum atomic E-state index is 12.6. The highest BCUT2D eigenvalue weighted by molar-refractivity contribution is 9.10. The Morgan fingerprint density at radius 3 is 2.29 bits per heavy atom. The number of hydrogen-bond donors (Lipinski definition) is 0. The molecule has 0 saturated heterocycles. The van der Waals surface area contributed by atoms with E-state index in [-0.39, 0.29) is 23.0 Å². The van der Waals surface area contributed by atoms with Gasteiger partial charge in [-0.1, -0.05) is 80.9 Å². The van der Waals surface area contributed by atoms with Crippen LogP contribution in [0.25, 0.3) is 11.6 Å². The van der Waals surface area contributed by atoms with Crippen LogP contribution in [0.1, 0.15) is 43.7 Å². The average molecular weight is 521 g/mol. The molecule has 0 spiro atoms. The molecule has 0 bridgehead atoms. The van der Waals surface area contributed by atoms with Crippen LogP contribution in [-0.4, -0.2) is 16.2 Å². The number of unbranched alkanes of at least 4 members (excludes halogenated alkanes) is 1. The summed E-state index contributed by atoms with van der Waals surface area (Å²) < 4.78 is 14.5. The highest BCUT2D eigenvalue weighted by Gasteiger charge is 2.26. The van der Waals surface area contributed by atoms with E-state index in [1.807, 2.05) is 12.1 Å². The molecule has 4 aromatic rings. The van der Waals surface area contributed by atoms with E-state index in [0.29, 0.717) is 24.7 Å². The van der Waals surface area contributed by atoms with Crippen molar-refractivity contribution in [1.29, 1.82) is 0 Å². The maximum absolute atomic E-state index is 12.6. The van der Waals surface area contributed by atoms with Crippen LogP contribution in [0.15, 0.2) is 93.0 Å². The zero-order chi connectivity index (χ0) is 23.9. The van der Waals surface area contributed by atoms with Gasteiger partial charge in [-0.3, -0.25) is 4.79 Å². The van der Waals surface area contributed by atoms with Crippen molar-refractivity contribution in [3.63, 3.8) is 0 Å². The lowest BCUT2D eigenvalue weighted by Gasteiger charge is -2.26. The fourth-order valence-electron chi connectivity index (χ4n) is 4.29. The number of halogens is 1. The molecular formula is C28H29BrN2O3. The van der Waals surface area contributed by atoms with Crippen LogP contribution >= 0.6 is 15.9 Å². The van der Waals surface area contributed by atoms with Crippen LogP contribution in [0.2, 0.25) is 0 Å². The topological polar surface area (TPSA) is 57.3 Å². The second-order valence-electron chi connectivity index (χ2n) is 8.44. The van der Waals surface area contributed by atoms with Crippen molar-refractivity contribution in [3.05, 3.63) is 105 Å². The number of nitrogens with zero attached hydrogens (tertiary/aromatic N) is 2. The first-order valence-corrected chi connectivity index (χ1v) is 12.4. The fraction of sp³-hybridized carbons (Fsp3) is 0.286. The van der Waals surface area contributed by atoms with E-state index >= 15 is 0 Å². The van der Waals surface area contributed by atoms with Gasteiger partial charge >= 0.3 is 0 Å². The van der Waals surface area contributed by atoms with E-state index in [9.17, 15) is 4.79 Å². The summed E-state index contributed by atoms with van der Waals surface area (Å²) in [7, 11) is 0. The summed E-state index contributed by atoms with van der Waals surface area (Å²) in [6.07, 6.45) is 4.98. The number of aromatic nitrogens is 2. The van der Waals surface area contributed by atoms with Crippen molar-refractivity contribution < 1.29 is 9.15 Å². The van der Waals surface area contributed by atoms with Gasteiger partial charge in [-0.15, -0.1) is 0 Å². The summed E-state index contributed by atoms with van der Waals surface area (Å²) >= 11 is 3.65. The molecule has 0 fully saturated rings. The molecule has 0 aliphatic carbocycles. The molecule has 0 unspecified atom stereocenters. The largest absolute Gasteiger partial charge is 0.486 e. The van der Waals surface area contributed by atoms with E-state index in [1.165, 1.54) is 23.5 Å². The predicted molar refractivity (Wildman–Crippen MR) is 138 cm³/mol. The van der Waals surface area contributed by atoms with Gasteiger partial charge in [-0.25, -0.2) is 4.98 Å². The lowest BCUT2D eigenvalue weighted by molar-refractivity contribution is 0.298. The fourth-order valence-corrected chi connectivity index (χ4v) is 4.70. The summed E-state index contributed by atoms with van der Waals surface area (Å²) in [4.78, 5) is 17.2. The van der Waals surface area contributed by atoms with Crippen LogP contribution in [0, 0.1) is 5.92 Å². The van der Waals surface area contributed by atoms with E-state index in [0.717, 1.165) is 17.4 Å². The van der Waals surface area contributed by atoms with E-state index in [2.05, 4.69) is 87.9 Å². The second kappa shape index (κ2) is 11.3. The van der Waals surface area contributed by atoms with Crippen molar-refractivity contribution in [1.82, 2.24) is 9.55 Å². The van der Waals surface area contributed by atoms with Crippen molar-refractivity contribution in [2.24, 2.45) is 5.92 Å². The minimum Gasteiger partial charge on any atom is -0.486 e. The second-order valence-corrected chi connectivity index (χ2v) is 9.25. The van der Waals surface area contributed by atoms with Crippen LogP contribution in [0.5, 0.6) is 5.75 Å². The van der Waals surface area contributed by atoms with Crippen molar-refractivity contribution in [3.8, 4) is 17.3 Å². The summed E-state index contributed by atoms with van der Waals surface area (Å²) in [5.74, 6) is 1.55. The lowest BCUT2D eigenvalue weighted by atomic mass is 9.81. The molecular weight excluding hydrogens is 492 g/mol. The van der Waals surface area contributed by atoms with Crippen LogP contribution in [-0.2, 0) is 6.54 Å². The Hall–Kier alpha value is -3.12. The first kappa shape index (κ1) is 24.0. The minimum absolute atomic E-state index is 0.188. The molecule has 0 aliphatic rings. The molecule has 0 amide bonds. The summed E-state index contributed by atoms with van der Waals surface area (Å²) in [6, 6.07) is 22.5. The van der Waals surface area contributed by atoms with Gasteiger partial charge in [0.2, 0.25) is 16.9 Å². The van der Waals surface area contributed by atoms with Gasteiger partial charge in [0.15, 0.2) is 5.82 Å². The molecule has 176 valence electrons. The molecule has 0 saturated carbocycles. The third kappa shape index (κ3) is 5.33. The number of hydrogen-bond acceptors (Lipinski definition) is 4. The first-order valence-electron chi connectivity index (χ1n) is 11.7. The number of ether oxygens (including phenoxy) is 1. The van der Waals surface area contributed by atoms with Crippen LogP contribution < -0.4 is 10.2 Å². The molecule has 6 heteroatoms. The molecule has 0 aliphatic heterocycles. The third-order valence-electron chi connectivity index (χ3n) is 5.95. The van der Waals surface area contributed by atoms with E-state index in [1.54, 1.807) is 6.20 Å². The Balaban J connectivity index is 1.71. The number of rotatable bonds is 10. The Morgan fingerprint density at radius 1 is 1.03 bits per heavy atom. The molecule has 4 rings (SSSR count). The standard InChI is InChI=1S/C28H29BrN2O3/c1-3-4-16-33-26-23(32)15-17-34-27(26)28-30-18-24(29)31(28)19-20(2)25(21-11-7-5-8-12-21)22-13-9-6-10-14-22/h5-15,17-18,20,25H,3-4,16,19H2,1-2H3/t20-/m1/s1. The molecule has 2 heterocycles. The number of imidazole rings is 1. The Labute approximate surface area is 208 Å². The molecule has 5 nitrogen and oxygen atoms in total. The maximum Gasteiger partial charge on any atom is 0.227 e. The molecule has 1 atom stereocenters. The van der Waals surface area contributed by atoms with Crippen LogP contribution in [0.3, 0.4) is 0 Å². The first-order chi connectivity index (χ1) is 16.6. The Kier molecular flexibility index (Phi) is 8.01. The SMILES string of the molecule is CCCCOc1c(-c2ncc(Br)n2C[C@@H](C)C(c2ccccc2)c2ccccc2)occc1=O. The van der Waals surface area contributed by atoms with E-state index < -0.39 is 0 Å². The van der Waals surface area contributed by atoms with Gasteiger partial charge in [0.25, 0.3) is 0 Å². The molecule has 34 heavy (non-hydrogen) atoms. The van der Waals surface area contributed by atoms with Gasteiger partial charge in [0.05, 0.1) is 19.1 Å². The van der Waals surface area contributed by atoms with Crippen molar-refractivity contribution in [2.45, 2.75) is 39.2 Å². The normalized spacial score (nSPS) is 12.1. The zero-order valence-corrected chi connectivity index (χ0v) is 21.1. The van der Waals surface area contributed by atoms with Crippen LogP contribution in [0.4, 0.5) is 0 Å².